The van der Waals surface area contributed by atoms with Gasteiger partial charge in [-0.15, -0.1) is 0 Å². The maximum absolute atomic E-state index is 13.3. The molecule has 1 aliphatic carbocycles. The standard InChI is InChI=1S/C29H44ClN3O5/c1-26(2,3)38-25(36)31-22-13-8-19(16-22)24(35)32-28(6,7)17-23(34)33-15-14-29(37,27(4,5)18-33)20-9-11-21(30)12-10-20/h9-12,19,22,37H,8,13-18H2,1-7H3,(H,31,36)(H,32,35)/t19-,22?,29+/m1/s1. The second kappa shape index (κ2) is 11.0. The SMILES string of the molecule is CC(C)(CC(=O)N1CC[C@](O)(c2ccc(Cl)cc2)C(C)(C)C1)NC(=O)[C@@H]1CCC(NC(=O)OC(C)(C)C)C1. The van der Waals surface area contributed by atoms with Gasteiger partial charge in [-0.1, -0.05) is 37.6 Å². The van der Waals surface area contributed by atoms with Gasteiger partial charge >= 0.3 is 6.09 Å². The molecule has 9 heteroatoms. The van der Waals surface area contributed by atoms with E-state index in [1.807, 2.05) is 60.6 Å². The largest absolute Gasteiger partial charge is 0.444 e. The summed E-state index contributed by atoms with van der Waals surface area (Å²) < 4.78 is 5.32. The van der Waals surface area contributed by atoms with Crippen LogP contribution in [0.4, 0.5) is 4.79 Å². The molecular formula is C29H44ClN3O5. The molecule has 0 aromatic heterocycles. The number of likely N-dealkylation sites (tertiary alicyclic amines) is 1. The topological polar surface area (TPSA) is 108 Å². The Morgan fingerprint density at radius 3 is 2.32 bits per heavy atom. The first kappa shape index (κ1) is 30.2. The average Bonchev–Trinajstić information content (AvgIpc) is 3.22. The summed E-state index contributed by atoms with van der Waals surface area (Å²) >= 11 is 6.03. The lowest BCUT2D eigenvalue weighted by atomic mass is 9.66. The maximum Gasteiger partial charge on any atom is 0.407 e. The Morgan fingerprint density at radius 2 is 1.74 bits per heavy atom. The van der Waals surface area contributed by atoms with E-state index in [0.29, 0.717) is 43.8 Å². The summed E-state index contributed by atoms with van der Waals surface area (Å²) in [4.78, 5) is 40.2. The van der Waals surface area contributed by atoms with E-state index in [1.165, 1.54) is 0 Å². The highest BCUT2D eigenvalue weighted by molar-refractivity contribution is 6.30. The van der Waals surface area contributed by atoms with E-state index in [-0.39, 0.29) is 30.2 Å². The molecule has 2 fully saturated rings. The van der Waals surface area contributed by atoms with Crippen LogP contribution in [0.2, 0.25) is 5.02 Å². The van der Waals surface area contributed by atoms with Crippen molar-refractivity contribution < 1.29 is 24.2 Å². The summed E-state index contributed by atoms with van der Waals surface area (Å²) in [6.45, 7) is 13.9. The van der Waals surface area contributed by atoms with E-state index >= 15 is 0 Å². The fraction of sp³-hybridized carbons (Fsp3) is 0.690. The molecular weight excluding hydrogens is 506 g/mol. The Labute approximate surface area is 231 Å². The molecule has 212 valence electrons. The molecule has 1 aromatic carbocycles. The minimum Gasteiger partial charge on any atom is -0.444 e. The molecule has 38 heavy (non-hydrogen) atoms. The molecule has 0 radical (unpaired) electrons. The minimum absolute atomic E-state index is 0.0579. The number of piperidine rings is 1. The number of carbonyl (C=O) groups excluding carboxylic acids is 3. The van der Waals surface area contributed by atoms with Crippen molar-refractivity contribution >= 4 is 29.5 Å². The van der Waals surface area contributed by atoms with E-state index < -0.39 is 28.2 Å². The average molecular weight is 550 g/mol. The van der Waals surface area contributed by atoms with Gasteiger partial charge in [0.25, 0.3) is 0 Å². The van der Waals surface area contributed by atoms with Gasteiger partial charge < -0.3 is 25.4 Å². The first-order valence-electron chi connectivity index (χ1n) is 13.5. The van der Waals surface area contributed by atoms with Crippen LogP contribution in [0.5, 0.6) is 0 Å². The lowest BCUT2D eigenvalue weighted by Gasteiger charge is -2.51. The molecule has 0 bridgehead atoms. The van der Waals surface area contributed by atoms with Crippen LogP contribution in [0.3, 0.4) is 0 Å². The highest BCUT2D eigenvalue weighted by atomic mass is 35.5. The van der Waals surface area contributed by atoms with E-state index in [1.54, 1.807) is 17.0 Å². The Hall–Kier alpha value is -2.32. The fourth-order valence-electron chi connectivity index (χ4n) is 5.59. The third-order valence-corrected chi connectivity index (χ3v) is 7.95. The van der Waals surface area contributed by atoms with Crippen LogP contribution in [0.25, 0.3) is 0 Å². The van der Waals surface area contributed by atoms with Crippen LogP contribution in [-0.2, 0) is 19.9 Å². The fourth-order valence-corrected chi connectivity index (χ4v) is 5.72. The number of ether oxygens (including phenoxy) is 1. The van der Waals surface area contributed by atoms with Crippen LogP contribution < -0.4 is 10.6 Å². The number of carbonyl (C=O) groups is 3. The molecule has 1 saturated carbocycles. The number of benzene rings is 1. The van der Waals surface area contributed by atoms with E-state index in [4.69, 9.17) is 16.3 Å². The molecule has 1 aromatic rings. The van der Waals surface area contributed by atoms with Gasteiger partial charge in [0.2, 0.25) is 11.8 Å². The molecule has 1 heterocycles. The van der Waals surface area contributed by atoms with Gasteiger partial charge in [-0.25, -0.2) is 4.79 Å². The van der Waals surface area contributed by atoms with Gasteiger partial charge in [0.15, 0.2) is 0 Å². The zero-order valence-corrected chi connectivity index (χ0v) is 24.6. The van der Waals surface area contributed by atoms with Gasteiger partial charge in [0, 0.05) is 47.4 Å². The van der Waals surface area contributed by atoms with Gasteiger partial charge in [-0.05, 0) is 78.0 Å². The normalized spacial score (nSPS) is 25.6. The first-order chi connectivity index (χ1) is 17.4. The zero-order valence-electron chi connectivity index (χ0n) is 23.8. The second-order valence-corrected chi connectivity index (χ2v) is 13.7. The van der Waals surface area contributed by atoms with Crippen LogP contribution in [-0.4, -0.2) is 58.2 Å². The van der Waals surface area contributed by atoms with E-state index in [2.05, 4.69) is 10.6 Å². The van der Waals surface area contributed by atoms with Crippen molar-refractivity contribution in [1.82, 2.24) is 15.5 Å². The van der Waals surface area contributed by atoms with Crippen LogP contribution in [0, 0.1) is 11.3 Å². The minimum atomic E-state index is -1.08. The number of rotatable bonds is 6. The summed E-state index contributed by atoms with van der Waals surface area (Å²) in [6.07, 6.45) is 2.01. The van der Waals surface area contributed by atoms with Crippen molar-refractivity contribution in [1.29, 1.82) is 0 Å². The molecule has 0 spiro atoms. The van der Waals surface area contributed by atoms with Crippen molar-refractivity contribution in [3.63, 3.8) is 0 Å². The second-order valence-electron chi connectivity index (χ2n) is 13.2. The monoisotopic (exact) mass is 549 g/mol. The molecule has 1 saturated heterocycles. The number of nitrogens with zero attached hydrogens (tertiary/aromatic N) is 1. The van der Waals surface area contributed by atoms with Gasteiger partial charge in [0.1, 0.15) is 5.60 Å². The number of aliphatic hydroxyl groups is 1. The summed E-state index contributed by atoms with van der Waals surface area (Å²) in [5.41, 5.74) is -2.18. The Balaban J connectivity index is 1.53. The molecule has 8 nitrogen and oxygen atoms in total. The lowest BCUT2D eigenvalue weighted by Crippen LogP contribution is -2.58. The summed E-state index contributed by atoms with van der Waals surface area (Å²) in [6, 6.07) is 7.12. The first-order valence-corrected chi connectivity index (χ1v) is 13.9. The lowest BCUT2D eigenvalue weighted by molar-refractivity contribution is -0.154. The van der Waals surface area contributed by atoms with Gasteiger partial charge in [0.05, 0.1) is 5.60 Å². The number of alkyl carbamates (subject to hydrolysis) is 1. The number of amides is 3. The number of nitrogens with one attached hydrogen (secondary N) is 2. The molecule has 3 rings (SSSR count). The molecule has 2 aliphatic rings. The Bertz CT molecular complexity index is 1030. The number of hydrogen-bond donors (Lipinski definition) is 3. The van der Waals surface area contributed by atoms with Crippen LogP contribution in [0.15, 0.2) is 24.3 Å². The highest BCUT2D eigenvalue weighted by Gasteiger charge is 2.50. The van der Waals surface area contributed by atoms with Crippen LogP contribution in [0.1, 0.15) is 86.1 Å². The van der Waals surface area contributed by atoms with Crippen molar-refractivity contribution in [2.45, 2.75) is 103 Å². The van der Waals surface area contributed by atoms with Gasteiger partial charge in [-0.3, -0.25) is 9.59 Å². The maximum atomic E-state index is 13.3. The third kappa shape index (κ3) is 7.41. The van der Waals surface area contributed by atoms with Gasteiger partial charge in [-0.2, -0.15) is 0 Å². The summed E-state index contributed by atoms with van der Waals surface area (Å²) in [5.74, 6) is -0.391. The predicted molar refractivity (Wildman–Crippen MR) is 148 cm³/mol. The van der Waals surface area contributed by atoms with Crippen molar-refractivity contribution in [3.8, 4) is 0 Å². The smallest absolute Gasteiger partial charge is 0.407 e. The summed E-state index contributed by atoms with van der Waals surface area (Å²) in [5, 5.41) is 18.1. The molecule has 1 aliphatic heterocycles. The molecule has 3 amide bonds. The Morgan fingerprint density at radius 1 is 1.11 bits per heavy atom. The quantitative estimate of drug-likeness (QED) is 0.474. The van der Waals surface area contributed by atoms with Crippen molar-refractivity contribution in [2.24, 2.45) is 11.3 Å². The molecule has 3 N–H and O–H groups in total. The summed E-state index contributed by atoms with van der Waals surface area (Å²) in [7, 11) is 0. The third-order valence-electron chi connectivity index (χ3n) is 7.70. The van der Waals surface area contributed by atoms with Crippen molar-refractivity contribution in [2.75, 3.05) is 13.1 Å². The van der Waals surface area contributed by atoms with E-state index in [0.717, 1.165) is 5.56 Å². The number of halogens is 1. The highest BCUT2D eigenvalue weighted by Crippen LogP contribution is 2.46. The van der Waals surface area contributed by atoms with E-state index in [9.17, 15) is 19.5 Å². The Kier molecular flexibility index (Phi) is 8.79. The number of hydrogen-bond acceptors (Lipinski definition) is 5. The molecule has 1 unspecified atom stereocenters. The van der Waals surface area contributed by atoms with Crippen LogP contribution >= 0.6 is 11.6 Å². The zero-order chi connectivity index (χ0) is 28.5. The van der Waals surface area contributed by atoms with Crippen molar-refractivity contribution in [3.05, 3.63) is 34.9 Å². The predicted octanol–water partition coefficient (Wildman–Crippen LogP) is 4.76. The molecule has 3 atom stereocenters.